The van der Waals surface area contributed by atoms with Crippen LogP contribution in [-0.2, 0) is 13.0 Å². The van der Waals surface area contributed by atoms with Crippen LogP contribution in [0.4, 0.5) is 4.79 Å². The molecule has 2 aromatic rings. The van der Waals surface area contributed by atoms with E-state index in [1.807, 2.05) is 24.1 Å². The number of hydrogen-bond acceptors (Lipinski definition) is 3. The summed E-state index contributed by atoms with van der Waals surface area (Å²) in [5.41, 5.74) is 1.36. The molecule has 1 atom stereocenters. The van der Waals surface area contributed by atoms with Crippen LogP contribution in [0.1, 0.15) is 21.9 Å². The van der Waals surface area contributed by atoms with Crippen molar-refractivity contribution in [3.63, 3.8) is 0 Å². The highest BCUT2D eigenvalue weighted by atomic mass is 32.1. The van der Waals surface area contributed by atoms with Crippen molar-refractivity contribution in [2.24, 2.45) is 5.92 Å². The molecule has 0 bridgehead atoms. The molecule has 1 aromatic heterocycles. The maximum Gasteiger partial charge on any atom is 0.317 e. The van der Waals surface area contributed by atoms with Crippen LogP contribution in [0.2, 0.25) is 0 Å². The Labute approximate surface area is 135 Å². The summed E-state index contributed by atoms with van der Waals surface area (Å²) in [4.78, 5) is 19.5. The number of hydrogen-bond donors (Lipinski definition) is 1. The summed E-state index contributed by atoms with van der Waals surface area (Å²) in [7, 11) is 0. The van der Waals surface area contributed by atoms with Crippen molar-refractivity contribution in [1.82, 2.24) is 15.2 Å². The van der Waals surface area contributed by atoms with E-state index in [0.29, 0.717) is 12.5 Å². The smallest absolute Gasteiger partial charge is 0.317 e. The van der Waals surface area contributed by atoms with Gasteiger partial charge in [0.15, 0.2) is 0 Å². The quantitative estimate of drug-likeness (QED) is 0.941. The highest BCUT2D eigenvalue weighted by molar-refractivity contribution is 7.11. The largest absolute Gasteiger partial charge is 0.333 e. The van der Waals surface area contributed by atoms with Crippen LogP contribution in [0.3, 0.4) is 0 Å². The first-order valence-corrected chi connectivity index (χ1v) is 8.50. The Hall–Kier alpha value is -1.88. The first kappa shape index (κ1) is 15.0. The van der Waals surface area contributed by atoms with Crippen LogP contribution in [0, 0.1) is 12.8 Å². The number of aryl methyl sites for hydroxylation is 1. The molecule has 1 saturated heterocycles. The van der Waals surface area contributed by atoms with Crippen LogP contribution >= 0.6 is 11.3 Å². The standard InChI is InChI=1S/C17H21N3OS/c1-13-18-10-16(22-13)11-19-17(21)20-8-7-15(12-20)9-14-5-3-2-4-6-14/h2-6,10,15H,7-9,11-12H2,1H3,(H,19,21)/t15-/m0/s1. The molecule has 0 spiro atoms. The van der Waals surface area contributed by atoms with Gasteiger partial charge in [-0.1, -0.05) is 30.3 Å². The fourth-order valence-corrected chi connectivity index (χ4v) is 3.63. The van der Waals surface area contributed by atoms with Gasteiger partial charge in [-0.05, 0) is 31.2 Å². The number of aromatic nitrogens is 1. The summed E-state index contributed by atoms with van der Waals surface area (Å²) in [5.74, 6) is 0.568. The van der Waals surface area contributed by atoms with Gasteiger partial charge >= 0.3 is 6.03 Å². The van der Waals surface area contributed by atoms with Crippen molar-refractivity contribution in [3.05, 3.63) is 52.0 Å². The van der Waals surface area contributed by atoms with Gasteiger partial charge in [-0.3, -0.25) is 0 Å². The van der Waals surface area contributed by atoms with E-state index in [4.69, 9.17) is 0 Å². The van der Waals surface area contributed by atoms with E-state index in [-0.39, 0.29) is 6.03 Å². The summed E-state index contributed by atoms with van der Waals surface area (Å²) >= 11 is 1.63. The zero-order valence-corrected chi connectivity index (χ0v) is 13.6. The number of amides is 2. The van der Waals surface area contributed by atoms with Gasteiger partial charge in [-0.25, -0.2) is 9.78 Å². The number of nitrogens with one attached hydrogen (secondary N) is 1. The third-order valence-corrected chi connectivity index (χ3v) is 4.94. The van der Waals surface area contributed by atoms with Gasteiger partial charge in [0, 0.05) is 24.2 Å². The van der Waals surface area contributed by atoms with Gasteiger partial charge in [-0.2, -0.15) is 0 Å². The monoisotopic (exact) mass is 315 g/mol. The lowest BCUT2D eigenvalue weighted by molar-refractivity contribution is 0.206. The zero-order chi connectivity index (χ0) is 15.4. The summed E-state index contributed by atoms with van der Waals surface area (Å²) in [6.45, 7) is 4.25. The summed E-state index contributed by atoms with van der Waals surface area (Å²) in [6.07, 6.45) is 3.98. The topological polar surface area (TPSA) is 45.2 Å². The average Bonchev–Trinajstić information content (AvgIpc) is 3.15. The van der Waals surface area contributed by atoms with Gasteiger partial charge in [0.25, 0.3) is 0 Å². The maximum absolute atomic E-state index is 12.2. The molecule has 0 aliphatic carbocycles. The average molecular weight is 315 g/mol. The molecule has 4 nitrogen and oxygen atoms in total. The second-order valence-electron chi connectivity index (χ2n) is 5.79. The number of rotatable bonds is 4. The predicted octanol–water partition coefficient (Wildman–Crippen LogP) is 3.23. The lowest BCUT2D eigenvalue weighted by Gasteiger charge is -2.17. The Morgan fingerprint density at radius 2 is 2.23 bits per heavy atom. The molecule has 1 aromatic carbocycles. The van der Waals surface area contributed by atoms with Crippen molar-refractivity contribution in [3.8, 4) is 0 Å². The molecule has 5 heteroatoms. The lowest BCUT2D eigenvalue weighted by Crippen LogP contribution is -2.38. The Morgan fingerprint density at radius 1 is 1.41 bits per heavy atom. The number of benzene rings is 1. The third kappa shape index (κ3) is 3.85. The van der Waals surface area contributed by atoms with Crippen molar-refractivity contribution < 1.29 is 4.79 Å². The number of carbonyl (C=O) groups excluding carboxylic acids is 1. The fourth-order valence-electron chi connectivity index (χ4n) is 2.89. The molecule has 22 heavy (non-hydrogen) atoms. The minimum absolute atomic E-state index is 0.0432. The van der Waals surface area contributed by atoms with E-state index in [0.717, 1.165) is 35.8 Å². The molecule has 2 heterocycles. The molecular weight excluding hydrogens is 294 g/mol. The van der Waals surface area contributed by atoms with Crippen molar-refractivity contribution in [2.45, 2.75) is 26.3 Å². The van der Waals surface area contributed by atoms with Crippen LogP contribution in [0.5, 0.6) is 0 Å². The normalized spacial score (nSPS) is 17.7. The van der Waals surface area contributed by atoms with Gasteiger partial charge in [0.2, 0.25) is 0 Å². The van der Waals surface area contributed by atoms with Crippen LogP contribution in [-0.4, -0.2) is 29.0 Å². The van der Waals surface area contributed by atoms with Crippen molar-refractivity contribution in [2.75, 3.05) is 13.1 Å². The zero-order valence-electron chi connectivity index (χ0n) is 12.8. The maximum atomic E-state index is 12.2. The minimum atomic E-state index is 0.0432. The van der Waals surface area contributed by atoms with E-state index in [9.17, 15) is 4.79 Å². The fraction of sp³-hybridized carbons (Fsp3) is 0.412. The van der Waals surface area contributed by atoms with Gasteiger partial charge in [-0.15, -0.1) is 11.3 Å². The summed E-state index contributed by atoms with van der Waals surface area (Å²) in [5, 5.41) is 4.03. The van der Waals surface area contributed by atoms with Gasteiger partial charge in [0.1, 0.15) is 0 Å². The van der Waals surface area contributed by atoms with E-state index in [1.165, 1.54) is 5.56 Å². The number of likely N-dealkylation sites (tertiary alicyclic amines) is 1. The summed E-state index contributed by atoms with van der Waals surface area (Å²) < 4.78 is 0. The number of nitrogens with zero attached hydrogens (tertiary/aromatic N) is 2. The Balaban J connectivity index is 1.46. The molecule has 1 aliphatic rings. The highest BCUT2D eigenvalue weighted by Gasteiger charge is 2.26. The van der Waals surface area contributed by atoms with Crippen LogP contribution in [0.15, 0.2) is 36.5 Å². The third-order valence-electron chi connectivity index (χ3n) is 4.02. The van der Waals surface area contributed by atoms with Gasteiger partial charge in [0.05, 0.1) is 11.6 Å². The Kier molecular flexibility index (Phi) is 4.73. The molecule has 1 fully saturated rings. The molecule has 2 amide bonds. The van der Waals surface area contributed by atoms with E-state index < -0.39 is 0 Å². The molecule has 0 unspecified atom stereocenters. The molecule has 116 valence electrons. The van der Waals surface area contributed by atoms with E-state index >= 15 is 0 Å². The summed E-state index contributed by atoms with van der Waals surface area (Å²) in [6, 6.07) is 10.6. The molecule has 1 aliphatic heterocycles. The number of urea groups is 1. The number of carbonyl (C=O) groups is 1. The van der Waals surface area contributed by atoms with Crippen molar-refractivity contribution in [1.29, 1.82) is 0 Å². The number of thiazole rings is 1. The minimum Gasteiger partial charge on any atom is -0.333 e. The van der Waals surface area contributed by atoms with Crippen LogP contribution < -0.4 is 5.32 Å². The molecular formula is C17H21N3OS. The molecule has 0 saturated carbocycles. The van der Waals surface area contributed by atoms with E-state index in [1.54, 1.807) is 11.3 Å². The Morgan fingerprint density at radius 3 is 2.95 bits per heavy atom. The predicted molar refractivity (Wildman–Crippen MR) is 88.9 cm³/mol. The van der Waals surface area contributed by atoms with Crippen LogP contribution in [0.25, 0.3) is 0 Å². The highest BCUT2D eigenvalue weighted by Crippen LogP contribution is 2.21. The van der Waals surface area contributed by atoms with E-state index in [2.05, 4.69) is 34.6 Å². The van der Waals surface area contributed by atoms with Crippen molar-refractivity contribution >= 4 is 17.4 Å². The molecule has 0 radical (unpaired) electrons. The lowest BCUT2D eigenvalue weighted by atomic mass is 9.99. The first-order valence-electron chi connectivity index (χ1n) is 7.69. The second kappa shape index (κ2) is 6.92. The Bertz CT molecular complexity index is 626. The molecule has 3 rings (SSSR count). The van der Waals surface area contributed by atoms with Gasteiger partial charge < -0.3 is 10.2 Å². The second-order valence-corrected chi connectivity index (χ2v) is 7.11. The first-order chi connectivity index (χ1) is 10.7. The molecule has 1 N–H and O–H groups in total. The SMILES string of the molecule is Cc1ncc(CNC(=O)N2CC[C@@H](Cc3ccccc3)C2)s1.